The number of nitrogens with one attached hydrogen (secondary N) is 1. The summed E-state index contributed by atoms with van der Waals surface area (Å²) < 4.78 is 11.1. The molecule has 1 aromatic heterocycles. The summed E-state index contributed by atoms with van der Waals surface area (Å²) in [7, 11) is 3.28. The van der Waals surface area contributed by atoms with Gasteiger partial charge in [-0.1, -0.05) is 6.07 Å². The van der Waals surface area contributed by atoms with Crippen molar-refractivity contribution < 1.29 is 9.47 Å². The molecular weight excluding hydrogens is 326 g/mol. The van der Waals surface area contributed by atoms with Crippen LogP contribution in [0.3, 0.4) is 0 Å². The predicted molar refractivity (Wildman–Crippen MR) is 104 cm³/mol. The molecule has 0 radical (unpaired) electrons. The number of H-pyrrole nitrogens is 1. The lowest BCUT2D eigenvalue weighted by molar-refractivity contribution is 0.356. The number of hydrogen-bond donors (Lipinski definition) is 2. The molecule has 26 heavy (non-hydrogen) atoms. The molecule has 0 aliphatic carbocycles. The van der Waals surface area contributed by atoms with Crippen LogP contribution in [0.1, 0.15) is 24.0 Å². The summed E-state index contributed by atoms with van der Waals surface area (Å²) in [5.41, 5.74) is 10.5. The summed E-state index contributed by atoms with van der Waals surface area (Å²) in [5, 5.41) is 10.3. The Morgan fingerprint density at radius 3 is 2.65 bits per heavy atom. The molecule has 1 heterocycles. The molecule has 0 atom stereocenters. The lowest BCUT2D eigenvalue weighted by atomic mass is 9.98. The zero-order chi connectivity index (χ0) is 18.5. The quantitative estimate of drug-likeness (QED) is 0.631. The van der Waals surface area contributed by atoms with E-state index in [1.54, 1.807) is 14.2 Å². The maximum absolute atomic E-state index is 9.26. The highest BCUT2D eigenvalue weighted by Crippen LogP contribution is 2.41. The molecule has 3 rings (SSSR count). The zero-order valence-electron chi connectivity index (χ0n) is 15.1. The van der Waals surface area contributed by atoms with Crippen molar-refractivity contribution in [3.63, 3.8) is 0 Å². The number of ether oxygens (including phenoxy) is 2. The molecule has 0 bridgehead atoms. The van der Waals surface area contributed by atoms with E-state index in [1.165, 1.54) is 5.56 Å². The van der Waals surface area contributed by atoms with Crippen LogP contribution in [0.4, 0.5) is 0 Å². The van der Waals surface area contributed by atoms with Crippen molar-refractivity contribution in [2.75, 3.05) is 20.8 Å². The minimum Gasteiger partial charge on any atom is -0.493 e. The second kappa shape index (κ2) is 7.94. The van der Waals surface area contributed by atoms with Crippen molar-refractivity contribution in [2.24, 2.45) is 5.73 Å². The zero-order valence-corrected chi connectivity index (χ0v) is 15.1. The Kier molecular flexibility index (Phi) is 5.45. The average Bonchev–Trinajstić information content (AvgIpc) is 3.04. The van der Waals surface area contributed by atoms with Gasteiger partial charge < -0.3 is 20.2 Å². The van der Waals surface area contributed by atoms with Crippen LogP contribution in [0.25, 0.3) is 22.2 Å². The topological polar surface area (TPSA) is 84.1 Å². The van der Waals surface area contributed by atoms with Crippen LogP contribution >= 0.6 is 0 Å². The van der Waals surface area contributed by atoms with E-state index in [0.29, 0.717) is 23.6 Å². The Bertz CT molecular complexity index is 954. The largest absolute Gasteiger partial charge is 0.493 e. The number of benzene rings is 2. The SMILES string of the molecule is COc1cccc(-c2[nH]c3ccc(C#N)cc3c2CCCCN)c1OC. The molecule has 0 unspecified atom stereocenters. The number of methoxy groups -OCH3 is 2. The fourth-order valence-electron chi connectivity index (χ4n) is 3.34. The van der Waals surface area contributed by atoms with Gasteiger partial charge in [0.1, 0.15) is 0 Å². The molecule has 0 aliphatic heterocycles. The molecular formula is C21H23N3O2. The van der Waals surface area contributed by atoms with E-state index < -0.39 is 0 Å². The smallest absolute Gasteiger partial charge is 0.170 e. The van der Waals surface area contributed by atoms with E-state index in [0.717, 1.165) is 41.4 Å². The summed E-state index contributed by atoms with van der Waals surface area (Å²) in [6.45, 7) is 0.670. The minimum atomic E-state index is 0.653. The number of nitrogens with two attached hydrogens (primary N) is 1. The van der Waals surface area contributed by atoms with Crippen LogP contribution in [0.2, 0.25) is 0 Å². The summed E-state index contributed by atoms with van der Waals surface area (Å²) >= 11 is 0. The predicted octanol–water partition coefficient (Wildman–Crippen LogP) is 4.01. The normalized spacial score (nSPS) is 10.7. The van der Waals surface area contributed by atoms with Crippen molar-refractivity contribution in [3.05, 3.63) is 47.5 Å². The standard InChI is InChI=1S/C21H23N3O2/c1-25-19-8-5-7-16(21(19)26-2)20-15(6-3-4-11-22)17-12-14(13-23)9-10-18(17)24-20/h5,7-10,12,24H,3-4,6,11,22H2,1-2H3. The number of hydrogen-bond acceptors (Lipinski definition) is 4. The third-order valence-electron chi connectivity index (χ3n) is 4.59. The number of aromatic nitrogens is 1. The number of rotatable bonds is 7. The Morgan fingerprint density at radius 1 is 1.12 bits per heavy atom. The van der Waals surface area contributed by atoms with Gasteiger partial charge in [0, 0.05) is 16.5 Å². The molecule has 0 amide bonds. The highest BCUT2D eigenvalue weighted by atomic mass is 16.5. The van der Waals surface area contributed by atoms with Crippen molar-refractivity contribution in [2.45, 2.75) is 19.3 Å². The van der Waals surface area contributed by atoms with Gasteiger partial charge in [-0.3, -0.25) is 0 Å². The van der Waals surface area contributed by atoms with Gasteiger partial charge in [0.2, 0.25) is 0 Å². The van der Waals surface area contributed by atoms with Gasteiger partial charge in [-0.2, -0.15) is 5.26 Å². The number of aromatic amines is 1. The maximum Gasteiger partial charge on any atom is 0.170 e. The monoisotopic (exact) mass is 349 g/mol. The van der Waals surface area contributed by atoms with Crippen LogP contribution < -0.4 is 15.2 Å². The first-order valence-corrected chi connectivity index (χ1v) is 8.69. The first kappa shape index (κ1) is 17.8. The first-order valence-electron chi connectivity index (χ1n) is 8.69. The van der Waals surface area contributed by atoms with Gasteiger partial charge in [-0.25, -0.2) is 0 Å². The van der Waals surface area contributed by atoms with E-state index in [4.69, 9.17) is 15.2 Å². The number of unbranched alkanes of at least 4 members (excludes halogenated alkanes) is 1. The van der Waals surface area contributed by atoms with E-state index in [-0.39, 0.29) is 0 Å². The van der Waals surface area contributed by atoms with Crippen LogP contribution in [-0.2, 0) is 6.42 Å². The van der Waals surface area contributed by atoms with Crippen molar-refractivity contribution >= 4 is 10.9 Å². The third-order valence-corrected chi connectivity index (χ3v) is 4.59. The lowest BCUT2D eigenvalue weighted by Gasteiger charge is -2.13. The molecule has 134 valence electrons. The Labute approximate surface area is 153 Å². The van der Waals surface area contributed by atoms with Crippen molar-refractivity contribution in [1.82, 2.24) is 4.98 Å². The molecule has 5 nitrogen and oxygen atoms in total. The molecule has 0 aliphatic rings. The average molecular weight is 349 g/mol. The lowest BCUT2D eigenvalue weighted by Crippen LogP contribution is -2.00. The van der Waals surface area contributed by atoms with E-state index in [9.17, 15) is 5.26 Å². The van der Waals surface area contributed by atoms with Crippen LogP contribution in [0.5, 0.6) is 11.5 Å². The van der Waals surface area contributed by atoms with Gasteiger partial charge in [0.25, 0.3) is 0 Å². The Hall–Kier alpha value is -2.97. The number of aryl methyl sites for hydroxylation is 1. The van der Waals surface area contributed by atoms with Crippen LogP contribution in [-0.4, -0.2) is 25.7 Å². The maximum atomic E-state index is 9.26. The molecule has 0 spiro atoms. The van der Waals surface area contributed by atoms with Gasteiger partial charge in [0.15, 0.2) is 11.5 Å². The van der Waals surface area contributed by atoms with E-state index in [2.05, 4.69) is 11.1 Å². The summed E-state index contributed by atoms with van der Waals surface area (Å²) in [6.07, 6.45) is 2.82. The van der Waals surface area contributed by atoms with E-state index in [1.807, 2.05) is 36.4 Å². The number of fused-ring (bicyclic) bond motifs is 1. The van der Waals surface area contributed by atoms with Gasteiger partial charge in [0.05, 0.1) is 31.5 Å². The highest BCUT2D eigenvalue weighted by molar-refractivity contribution is 5.93. The summed E-state index contributed by atoms with van der Waals surface area (Å²) in [4.78, 5) is 3.51. The van der Waals surface area contributed by atoms with Gasteiger partial charge in [-0.05, 0) is 61.7 Å². The number of nitriles is 1. The molecule has 2 aromatic carbocycles. The van der Waals surface area contributed by atoms with Crippen LogP contribution in [0, 0.1) is 11.3 Å². The Morgan fingerprint density at radius 2 is 1.96 bits per heavy atom. The van der Waals surface area contributed by atoms with Crippen molar-refractivity contribution in [3.8, 4) is 28.8 Å². The minimum absolute atomic E-state index is 0.653. The second-order valence-electron chi connectivity index (χ2n) is 6.14. The fourth-order valence-corrected chi connectivity index (χ4v) is 3.34. The molecule has 3 aromatic rings. The van der Waals surface area contributed by atoms with Gasteiger partial charge in [-0.15, -0.1) is 0 Å². The number of nitrogens with zero attached hydrogens (tertiary/aromatic N) is 1. The molecule has 0 fully saturated rings. The first-order chi connectivity index (χ1) is 12.7. The molecule has 5 heteroatoms. The number of para-hydroxylation sites is 1. The molecule has 0 saturated heterocycles. The highest BCUT2D eigenvalue weighted by Gasteiger charge is 2.19. The summed E-state index contributed by atoms with van der Waals surface area (Å²) in [5.74, 6) is 1.39. The molecule has 3 N–H and O–H groups in total. The Balaban J connectivity index is 2.22. The molecule has 0 saturated carbocycles. The van der Waals surface area contributed by atoms with Crippen LogP contribution in [0.15, 0.2) is 36.4 Å². The fraction of sp³-hybridized carbons (Fsp3) is 0.286. The van der Waals surface area contributed by atoms with Crippen molar-refractivity contribution in [1.29, 1.82) is 5.26 Å². The third kappa shape index (κ3) is 3.24. The second-order valence-corrected chi connectivity index (χ2v) is 6.14. The van der Waals surface area contributed by atoms with Gasteiger partial charge >= 0.3 is 0 Å². The van der Waals surface area contributed by atoms with E-state index >= 15 is 0 Å². The summed E-state index contributed by atoms with van der Waals surface area (Å²) in [6, 6.07) is 13.8.